The fourth-order valence-corrected chi connectivity index (χ4v) is 3.18. The molecule has 3 rings (SSSR count). The van der Waals surface area contributed by atoms with Crippen molar-refractivity contribution in [2.45, 2.75) is 46.6 Å². The first-order chi connectivity index (χ1) is 13.7. The van der Waals surface area contributed by atoms with Gasteiger partial charge in [-0.15, -0.1) is 0 Å². The first-order valence-corrected chi connectivity index (χ1v) is 9.67. The molecule has 1 aromatic heterocycles. The Hall–Kier alpha value is -2.92. The molecule has 0 spiro atoms. The molecule has 5 nitrogen and oxygen atoms in total. The lowest BCUT2D eigenvalue weighted by Crippen LogP contribution is -2.14. The lowest BCUT2D eigenvalue weighted by Gasteiger charge is -2.19. The second-order valence-corrected chi connectivity index (χ2v) is 8.33. The van der Waals surface area contributed by atoms with E-state index in [9.17, 15) is 4.79 Å². The fourth-order valence-electron chi connectivity index (χ4n) is 3.18. The SMILES string of the molecule is COCc1cc(OC(=O)c2ccc(C(C)(C)C)cc2)n(-c2ccc(C)cc2C)n1. The minimum atomic E-state index is -0.416. The summed E-state index contributed by atoms with van der Waals surface area (Å²) in [5.74, 6) is -0.0470. The van der Waals surface area contributed by atoms with Gasteiger partial charge in [0.25, 0.3) is 0 Å². The van der Waals surface area contributed by atoms with Crippen LogP contribution in [0.15, 0.2) is 48.5 Å². The van der Waals surface area contributed by atoms with Crippen LogP contribution in [0.4, 0.5) is 0 Å². The summed E-state index contributed by atoms with van der Waals surface area (Å²) in [6.45, 7) is 10.8. The Morgan fingerprint density at radius 3 is 2.31 bits per heavy atom. The van der Waals surface area contributed by atoms with Gasteiger partial charge in [-0.2, -0.15) is 9.78 Å². The highest BCUT2D eigenvalue weighted by Crippen LogP contribution is 2.25. The number of nitrogens with zero attached hydrogens (tertiary/aromatic N) is 2. The molecule has 3 aromatic rings. The van der Waals surface area contributed by atoms with Crippen LogP contribution in [-0.4, -0.2) is 22.9 Å². The van der Waals surface area contributed by atoms with E-state index in [1.54, 1.807) is 30.0 Å². The zero-order chi connectivity index (χ0) is 21.2. The second-order valence-electron chi connectivity index (χ2n) is 8.33. The Bertz CT molecular complexity index is 1010. The molecule has 0 aliphatic carbocycles. The molecule has 2 aromatic carbocycles. The highest BCUT2D eigenvalue weighted by molar-refractivity contribution is 5.91. The summed E-state index contributed by atoms with van der Waals surface area (Å²) in [6.07, 6.45) is 0. The summed E-state index contributed by atoms with van der Waals surface area (Å²) in [5.41, 5.74) is 5.45. The maximum Gasteiger partial charge on any atom is 0.344 e. The normalized spacial score (nSPS) is 11.5. The van der Waals surface area contributed by atoms with Crippen molar-refractivity contribution in [3.63, 3.8) is 0 Å². The van der Waals surface area contributed by atoms with Crippen LogP contribution in [-0.2, 0) is 16.8 Å². The number of hydrogen-bond donors (Lipinski definition) is 0. The summed E-state index contributed by atoms with van der Waals surface area (Å²) in [6, 6.07) is 15.3. The number of rotatable bonds is 5. The molecule has 29 heavy (non-hydrogen) atoms. The van der Waals surface area contributed by atoms with Gasteiger partial charge in [-0.05, 0) is 48.6 Å². The zero-order valence-corrected chi connectivity index (χ0v) is 17.9. The molecule has 0 atom stereocenters. The lowest BCUT2D eigenvalue weighted by atomic mass is 9.87. The summed E-state index contributed by atoms with van der Waals surface area (Å²) in [7, 11) is 1.61. The third kappa shape index (κ3) is 4.74. The Balaban J connectivity index is 1.92. The molecule has 0 saturated heterocycles. The van der Waals surface area contributed by atoms with E-state index >= 15 is 0 Å². The highest BCUT2D eigenvalue weighted by Gasteiger charge is 2.19. The van der Waals surface area contributed by atoms with E-state index in [0.717, 1.165) is 22.4 Å². The van der Waals surface area contributed by atoms with Crippen molar-refractivity contribution < 1.29 is 14.3 Å². The van der Waals surface area contributed by atoms with Crippen molar-refractivity contribution in [3.8, 4) is 11.6 Å². The molecule has 0 N–H and O–H groups in total. The van der Waals surface area contributed by atoms with Gasteiger partial charge in [0.2, 0.25) is 5.88 Å². The summed E-state index contributed by atoms with van der Waals surface area (Å²) >= 11 is 0. The van der Waals surface area contributed by atoms with Crippen LogP contribution in [0.2, 0.25) is 0 Å². The molecule has 1 heterocycles. The van der Waals surface area contributed by atoms with Gasteiger partial charge in [-0.3, -0.25) is 0 Å². The predicted molar refractivity (Wildman–Crippen MR) is 114 cm³/mol. The third-order valence-electron chi connectivity index (χ3n) is 4.78. The molecule has 0 aliphatic rings. The van der Waals surface area contributed by atoms with Crippen molar-refractivity contribution in [2.24, 2.45) is 0 Å². The number of ether oxygens (including phenoxy) is 2. The van der Waals surface area contributed by atoms with Crippen LogP contribution in [0.3, 0.4) is 0 Å². The topological polar surface area (TPSA) is 53.4 Å². The van der Waals surface area contributed by atoms with E-state index < -0.39 is 5.97 Å². The molecular weight excluding hydrogens is 364 g/mol. The van der Waals surface area contributed by atoms with Crippen LogP contribution >= 0.6 is 0 Å². The van der Waals surface area contributed by atoms with Crippen LogP contribution in [0.1, 0.15) is 53.5 Å². The van der Waals surface area contributed by atoms with Crippen molar-refractivity contribution in [1.82, 2.24) is 9.78 Å². The Morgan fingerprint density at radius 2 is 1.72 bits per heavy atom. The number of hydrogen-bond acceptors (Lipinski definition) is 4. The largest absolute Gasteiger partial charge is 0.404 e. The van der Waals surface area contributed by atoms with Gasteiger partial charge >= 0.3 is 5.97 Å². The molecule has 0 amide bonds. The van der Waals surface area contributed by atoms with Crippen LogP contribution in [0.5, 0.6) is 5.88 Å². The van der Waals surface area contributed by atoms with Gasteiger partial charge in [-0.25, -0.2) is 4.79 Å². The Kier molecular flexibility index (Phi) is 5.89. The zero-order valence-electron chi connectivity index (χ0n) is 17.9. The van der Waals surface area contributed by atoms with Crippen molar-refractivity contribution >= 4 is 5.97 Å². The number of aryl methyl sites for hydroxylation is 2. The van der Waals surface area contributed by atoms with Gasteiger partial charge < -0.3 is 9.47 Å². The molecule has 0 radical (unpaired) electrons. The average Bonchev–Trinajstić information content (AvgIpc) is 3.03. The highest BCUT2D eigenvalue weighted by atomic mass is 16.5. The van der Waals surface area contributed by atoms with Crippen molar-refractivity contribution in [2.75, 3.05) is 7.11 Å². The van der Waals surface area contributed by atoms with E-state index in [-0.39, 0.29) is 5.41 Å². The molecule has 152 valence electrons. The molecule has 5 heteroatoms. The van der Waals surface area contributed by atoms with Gasteiger partial charge in [-0.1, -0.05) is 50.6 Å². The van der Waals surface area contributed by atoms with E-state index in [1.165, 1.54) is 0 Å². The first-order valence-electron chi connectivity index (χ1n) is 9.67. The standard InChI is InChI=1S/C24H28N2O3/c1-16-7-12-21(17(2)13-16)26-22(14-20(25-26)15-28-6)29-23(27)18-8-10-19(11-9-18)24(3,4)5/h7-14H,15H2,1-6H3. The van der Waals surface area contributed by atoms with Crippen molar-refractivity contribution in [1.29, 1.82) is 0 Å². The molecule has 0 bridgehead atoms. The predicted octanol–water partition coefficient (Wildman–Crippen LogP) is 5.15. The van der Waals surface area contributed by atoms with Crippen LogP contribution in [0.25, 0.3) is 5.69 Å². The summed E-state index contributed by atoms with van der Waals surface area (Å²) < 4.78 is 12.6. The molecule has 0 saturated carbocycles. The molecule has 0 fully saturated rings. The second kappa shape index (κ2) is 8.21. The molecular formula is C24H28N2O3. The Labute approximate surface area is 172 Å². The number of esters is 1. The van der Waals surface area contributed by atoms with Gasteiger partial charge in [0.05, 0.1) is 23.6 Å². The number of methoxy groups -OCH3 is 1. The number of benzene rings is 2. The quantitative estimate of drug-likeness (QED) is 0.563. The van der Waals surface area contributed by atoms with Crippen LogP contribution < -0.4 is 4.74 Å². The molecule has 0 unspecified atom stereocenters. The van der Waals surface area contributed by atoms with E-state index in [2.05, 4.69) is 31.9 Å². The lowest BCUT2D eigenvalue weighted by molar-refractivity contribution is 0.0723. The average molecular weight is 392 g/mol. The summed E-state index contributed by atoms with van der Waals surface area (Å²) in [5, 5.41) is 4.57. The maximum absolute atomic E-state index is 12.8. The molecule has 0 aliphatic heterocycles. The number of carbonyl (C=O) groups is 1. The Morgan fingerprint density at radius 1 is 1.03 bits per heavy atom. The van der Waals surface area contributed by atoms with Crippen LogP contribution in [0, 0.1) is 13.8 Å². The third-order valence-corrected chi connectivity index (χ3v) is 4.78. The van der Waals surface area contributed by atoms with Gasteiger partial charge in [0.1, 0.15) is 0 Å². The number of carbonyl (C=O) groups excluding carboxylic acids is 1. The van der Waals surface area contributed by atoms with Crippen molar-refractivity contribution in [3.05, 3.63) is 76.5 Å². The number of aromatic nitrogens is 2. The minimum absolute atomic E-state index is 0.0269. The monoisotopic (exact) mass is 392 g/mol. The van der Waals surface area contributed by atoms with Gasteiger partial charge in [0.15, 0.2) is 0 Å². The minimum Gasteiger partial charge on any atom is -0.404 e. The first kappa shape index (κ1) is 20.8. The summed E-state index contributed by atoms with van der Waals surface area (Å²) in [4.78, 5) is 12.8. The van der Waals surface area contributed by atoms with Gasteiger partial charge in [0, 0.05) is 13.2 Å². The maximum atomic E-state index is 12.8. The van der Waals surface area contributed by atoms with E-state index in [0.29, 0.717) is 23.7 Å². The smallest absolute Gasteiger partial charge is 0.344 e. The van der Waals surface area contributed by atoms with E-state index in [1.807, 2.05) is 38.1 Å². The van der Waals surface area contributed by atoms with E-state index in [4.69, 9.17) is 9.47 Å². The fraction of sp³-hybridized carbons (Fsp3) is 0.333.